The smallest absolute Gasteiger partial charge is 0.243 e. The highest BCUT2D eigenvalue weighted by molar-refractivity contribution is 5.87. The lowest BCUT2D eigenvalue weighted by Gasteiger charge is -2.00. The summed E-state index contributed by atoms with van der Waals surface area (Å²) >= 11 is 0. The van der Waals surface area contributed by atoms with Gasteiger partial charge < -0.3 is 10.6 Å². The summed E-state index contributed by atoms with van der Waals surface area (Å²) in [6, 6.07) is 0. The molecule has 0 bridgehead atoms. The zero-order valence-electron chi connectivity index (χ0n) is 7.17. The highest BCUT2D eigenvalue weighted by atomic mass is 16.1. The van der Waals surface area contributed by atoms with Crippen molar-refractivity contribution in [3.8, 4) is 0 Å². The predicted molar refractivity (Wildman–Crippen MR) is 46.5 cm³/mol. The second-order valence-corrected chi connectivity index (χ2v) is 2.22. The lowest BCUT2D eigenvalue weighted by molar-refractivity contribution is -0.116. The molecular weight excluding hydrogens is 156 g/mol. The molecule has 0 aromatic carbocycles. The van der Waals surface area contributed by atoms with Crippen LogP contribution in [0.15, 0.2) is 12.2 Å². The Kier molecular flexibility index (Phi) is 6.93. The van der Waals surface area contributed by atoms with Crippen LogP contribution in [-0.2, 0) is 9.59 Å². The molecular formula is C8H14N2O2. The number of carbonyl (C=O) groups is 2. The van der Waals surface area contributed by atoms with Crippen LogP contribution >= 0.6 is 0 Å². The molecule has 12 heavy (non-hydrogen) atoms. The molecule has 0 atom stereocenters. The zero-order valence-corrected chi connectivity index (χ0v) is 7.17. The van der Waals surface area contributed by atoms with Gasteiger partial charge in [-0.1, -0.05) is 6.08 Å². The minimum Gasteiger partial charge on any atom is -0.359 e. The van der Waals surface area contributed by atoms with Gasteiger partial charge in [-0.2, -0.15) is 0 Å². The van der Waals surface area contributed by atoms with Crippen LogP contribution in [0, 0.1) is 0 Å². The minimum atomic E-state index is -0.0939. The summed E-state index contributed by atoms with van der Waals surface area (Å²) in [5.41, 5.74) is 0. The van der Waals surface area contributed by atoms with Gasteiger partial charge in [-0.05, 0) is 19.4 Å². The topological polar surface area (TPSA) is 58.2 Å². The lowest BCUT2D eigenvalue weighted by atomic mass is 10.4. The van der Waals surface area contributed by atoms with Gasteiger partial charge in [-0.25, -0.2) is 0 Å². The molecule has 2 amide bonds. The van der Waals surface area contributed by atoms with E-state index in [1.165, 1.54) is 6.08 Å². The second kappa shape index (κ2) is 7.78. The van der Waals surface area contributed by atoms with Crippen LogP contribution in [0.4, 0.5) is 0 Å². The number of carbonyl (C=O) groups excluding carboxylic acids is 2. The van der Waals surface area contributed by atoms with Crippen LogP contribution in [0.5, 0.6) is 0 Å². The van der Waals surface area contributed by atoms with Crippen molar-refractivity contribution < 1.29 is 9.59 Å². The van der Waals surface area contributed by atoms with Crippen molar-refractivity contribution in [2.24, 2.45) is 0 Å². The largest absolute Gasteiger partial charge is 0.359 e. The molecule has 0 heterocycles. The van der Waals surface area contributed by atoms with Crippen molar-refractivity contribution in [2.45, 2.75) is 13.3 Å². The highest BCUT2D eigenvalue weighted by Crippen LogP contribution is 1.75. The molecule has 4 nitrogen and oxygen atoms in total. The summed E-state index contributed by atoms with van der Waals surface area (Å²) in [6.45, 7) is 2.97. The first-order valence-electron chi connectivity index (χ1n) is 3.88. The van der Waals surface area contributed by atoms with E-state index in [-0.39, 0.29) is 5.91 Å². The highest BCUT2D eigenvalue weighted by Gasteiger charge is 1.91. The SMILES string of the molecule is CC=CC(=O)NCCCNC=O. The number of rotatable bonds is 6. The van der Waals surface area contributed by atoms with Gasteiger partial charge in [0.15, 0.2) is 0 Å². The molecule has 0 fully saturated rings. The standard InChI is InChI=1S/C8H14N2O2/c1-2-4-8(12)10-6-3-5-9-7-11/h2,4,7H,3,5-6H2,1H3,(H,9,11)(H,10,12). The lowest BCUT2D eigenvalue weighted by Crippen LogP contribution is -2.25. The number of hydrogen-bond donors (Lipinski definition) is 2. The van der Waals surface area contributed by atoms with E-state index >= 15 is 0 Å². The maximum Gasteiger partial charge on any atom is 0.243 e. The molecule has 0 spiro atoms. The molecule has 4 heteroatoms. The maximum absolute atomic E-state index is 10.8. The van der Waals surface area contributed by atoms with E-state index < -0.39 is 0 Å². The van der Waals surface area contributed by atoms with Crippen LogP contribution in [0.2, 0.25) is 0 Å². The van der Waals surface area contributed by atoms with Gasteiger partial charge in [-0.15, -0.1) is 0 Å². The number of hydrogen-bond acceptors (Lipinski definition) is 2. The molecule has 2 N–H and O–H groups in total. The van der Waals surface area contributed by atoms with Gasteiger partial charge in [0.25, 0.3) is 0 Å². The Labute approximate surface area is 72.0 Å². The Morgan fingerprint density at radius 1 is 1.42 bits per heavy atom. The molecule has 0 unspecified atom stereocenters. The Hall–Kier alpha value is -1.32. The monoisotopic (exact) mass is 170 g/mol. The van der Waals surface area contributed by atoms with Gasteiger partial charge in [0.05, 0.1) is 0 Å². The van der Waals surface area contributed by atoms with Crippen LogP contribution in [0.1, 0.15) is 13.3 Å². The van der Waals surface area contributed by atoms with Crippen molar-refractivity contribution in [1.29, 1.82) is 0 Å². The molecule has 0 saturated carbocycles. The summed E-state index contributed by atoms with van der Waals surface area (Å²) in [7, 11) is 0. The molecule has 68 valence electrons. The molecule has 0 radical (unpaired) electrons. The third-order valence-electron chi connectivity index (χ3n) is 1.20. The zero-order chi connectivity index (χ0) is 9.23. The third-order valence-corrected chi connectivity index (χ3v) is 1.20. The molecule has 0 aliphatic carbocycles. The summed E-state index contributed by atoms with van der Waals surface area (Å²) in [4.78, 5) is 20.6. The fourth-order valence-corrected chi connectivity index (χ4v) is 0.671. The van der Waals surface area contributed by atoms with Crippen molar-refractivity contribution in [3.05, 3.63) is 12.2 Å². The Morgan fingerprint density at radius 3 is 2.75 bits per heavy atom. The first kappa shape index (κ1) is 10.7. The molecule has 0 aliphatic rings. The maximum atomic E-state index is 10.8. The second-order valence-electron chi connectivity index (χ2n) is 2.22. The molecule has 0 aliphatic heterocycles. The van der Waals surface area contributed by atoms with Crippen molar-refractivity contribution in [2.75, 3.05) is 13.1 Å². The first-order chi connectivity index (χ1) is 5.81. The average Bonchev–Trinajstić information content (AvgIpc) is 2.05. The van der Waals surface area contributed by atoms with Gasteiger partial charge in [0, 0.05) is 13.1 Å². The third kappa shape index (κ3) is 6.80. The fraction of sp³-hybridized carbons (Fsp3) is 0.500. The van der Waals surface area contributed by atoms with Crippen LogP contribution < -0.4 is 10.6 Å². The molecule has 0 saturated heterocycles. The fourth-order valence-electron chi connectivity index (χ4n) is 0.671. The summed E-state index contributed by atoms with van der Waals surface area (Å²) in [5, 5.41) is 5.16. The molecule has 0 rings (SSSR count). The number of allylic oxidation sites excluding steroid dienone is 1. The Bertz CT molecular complexity index is 166. The van der Waals surface area contributed by atoms with E-state index in [9.17, 15) is 9.59 Å². The minimum absolute atomic E-state index is 0.0939. The molecule has 0 aromatic heterocycles. The van der Waals surface area contributed by atoms with E-state index in [0.29, 0.717) is 19.5 Å². The summed E-state index contributed by atoms with van der Waals surface area (Å²) in [6.07, 6.45) is 4.54. The Morgan fingerprint density at radius 2 is 2.17 bits per heavy atom. The van der Waals surface area contributed by atoms with E-state index in [1.807, 2.05) is 0 Å². The van der Waals surface area contributed by atoms with Gasteiger partial charge in [0.2, 0.25) is 12.3 Å². The summed E-state index contributed by atoms with van der Waals surface area (Å²) in [5.74, 6) is -0.0939. The van der Waals surface area contributed by atoms with Crippen molar-refractivity contribution in [1.82, 2.24) is 10.6 Å². The predicted octanol–water partition coefficient (Wildman–Crippen LogP) is -0.185. The van der Waals surface area contributed by atoms with Crippen LogP contribution in [0.3, 0.4) is 0 Å². The van der Waals surface area contributed by atoms with Crippen LogP contribution in [-0.4, -0.2) is 25.4 Å². The van der Waals surface area contributed by atoms with E-state index in [2.05, 4.69) is 10.6 Å². The average molecular weight is 170 g/mol. The van der Waals surface area contributed by atoms with Crippen molar-refractivity contribution >= 4 is 12.3 Å². The quantitative estimate of drug-likeness (QED) is 0.330. The Balaban J connectivity index is 3.19. The van der Waals surface area contributed by atoms with Gasteiger partial charge in [-0.3, -0.25) is 9.59 Å². The van der Waals surface area contributed by atoms with E-state index in [0.717, 1.165) is 6.42 Å². The number of amides is 2. The first-order valence-corrected chi connectivity index (χ1v) is 3.88. The molecule has 0 aromatic rings. The van der Waals surface area contributed by atoms with Crippen molar-refractivity contribution in [3.63, 3.8) is 0 Å². The van der Waals surface area contributed by atoms with Crippen LogP contribution in [0.25, 0.3) is 0 Å². The summed E-state index contributed by atoms with van der Waals surface area (Å²) < 4.78 is 0. The normalized spacial score (nSPS) is 9.75. The van der Waals surface area contributed by atoms with E-state index in [4.69, 9.17) is 0 Å². The van der Waals surface area contributed by atoms with E-state index in [1.54, 1.807) is 13.0 Å². The number of nitrogens with one attached hydrogen (secondary N) is 2. The van der Waals surface area contributed by atoms with Gasteiger partial charge >= 0.3 is 0 Å². The van der Waals surface area contributed by atoms with Gasteiger partial charge in [0.1, 0.15) is 0 Å².